The number of aryl methyl sites for hydroxylation is 1. The molecule has 0 bridgehead atoms. The van der Waals surface area contributed by atoms with E-state index in [2.05, 4.69) is 10.3 Å². The molecule has 0 spiro atoms. The Morgan fingerprint density at radius 2 is 1.90 bits per heavy atom. The summed E-state index contributed by atoms with van der Waals surface area (Å²) in [6, 6.07) is 15.8. The SMILES string of the molecule is COCCCNC(=S)N(Cc1ccc(OC)cc1)Cc1cc2cccc(C)c2[nH]c1=O. The molecule has 3 aromatic rings. The van der Waals surface area contributed by atoms with Crippen LogP contribution < -0.4 is 15.6 Å². The number of nitrogens with one attached hydrogen (secondary N) is 2. The van der Waals surface area contributed by atoms with Crippen molar-refractivity contribution in [3.05, 3.63) is 75.6 Å². The van der Waals surface area contributed by atoms with Crippen molar-refractivity contribution in [3.63, 3.8) is 0 Å². The molecule has 0 saturated heterocycles. The van der Waals surface area contributed by atoms with Gasteiger partial charge < -0.3 is 24.7 Å². The number of aromatic nitrogens is 1. The van der Waals surface area contributed by atoms with Gasteiger partial charge in [0, 0.05) is 32.4 Å². The minimum Gasteiger partial charge on any atom is -0.497 e. The lowest BCUT2D eigenvalue weighted by Crippen LogP contribution is -2.40. The molecular weight excluding hydrogens is 410 g/mol. The minimum atomic E-state index is -0.0938. The van der Waals surface area contributed by atoms with E-state index in [1.807, 2.05) is 60.4 Å². The molecule has 1 heterocycles. The topological polar surface area (TPSA) is 66.6 Å². The Kier molecular flexibility index (Phi) is 8.03. The van der Waals surface area contributed by atoms with Crippen molar-refractivity contribution < 1.29 is 9.47 Å². The van der Waals surface area contributed by atoms with Crippen molar-refractivity contribution >= 4 is 28.2 Å². The molecule has 0 unspecified atom stereocenters. The largest absolute Gasteiger partial charge is 0.497 e. The molecule has 3 rings (SSSR count). The van der Waals surface area contributed by atoms with E-state index in [0.29, 0.717) is 36.9 Å². The molecule has 0 atom stereocenters. The van der Waals surface area contributed by atoms with Gasteiger partial charge in [-0.05, 0) is 60.3 Å². The Morgan fingerprint density at radius 1 is 1.13 bits per heavy atom. The molecular formula is C24H29N3O3S. The van der Waals surface area contributed by atoms with Crippen molar-refractivity contribution in [2.24, 2.45) is 0 Å². The average molecular weight is 440 g/mol. The number of nitrogens with zero attached hydrogens (tertiary/aromatic N) is 1. The summed E-state index contributed by atoms with van der Waals surface area (Å²) in [5.41, 5.74) is 3.58. The Hall–Kier alpha value is -2.90. The normalized spacial score (nSPS) is 10.8. The number of aromatic amines is 1. The van der Waals surface area contributed by atoms with E-state index in [4.69, 9.17) is 21.7 Å². The van der Waals surface area contributed by atoms with Gasteiger partial charge in [-0.25, -0.2) is 0 Å². The second-order valence-corrected chi connectivity index (χ2v) is 7.83. The van der Waals surface area contributed by atoms with Gasteiger partial charge in [-0.15, -0.1) is 0 Å². The monoisotopic (exact) mass is 439 g/mol. The quantitative estimate of drug-likeness (QED) is 0.391. The van der Waals surface area contributed by atoms with Gasteiger partial charge in [0.05, 0.1) is 19.2 Å². The molecule has 0 amide bonds. The number of methoxy groups -OCH3 is 2. The second kappa shape index (κ2) is 10.9. The van der Waals surface area contributed by atoms with Gasteiger partial charge in [-0.2, -0.15) is 0 Å². The number of fused-ring (bicyclic) bond motifs is 1. The van der Waals surface area contributed by atoms with E-state index in [9.17, 15) is 4.79 Å². The van der Waals surface area contributed by atoms with E-state index in [-0.39, 0.29) is 5.56 Å². The lowest BCUT2D eigenvalue weighted by atomic mass is 10.1. The third-order valence-electron chi connectivity index (χ3n) is 5.15. The first-order valence-corrected chi connectivity index (χ1v) is 10.7. The predicted molar refractivity (Wildman–Crippen MR) is 129 cm³/mol. The first-order valence-electron chi connectivity index (χ1n) is 10.3. The summed E-state index contributed by atoms with van der Waals surface area (Å²) in [7, 11) is 3.33. The van der Waals surface area contributed by atoms with E-state index in [1.54, 1.807) is 14.2 Å². The summed E-state index contributed by atoms with van der Waals surface area (Å²) >= 11 is 5.67. The molecule has 0 aliphatic heterocycles. The summed E-state index contributed by atoms with van der Waals surface area (Å²) in [5, 5.41) is 4.91. The maximum absolute atomic E-state index is 12.8. The molecule has 164 valence electrons. The molecule has 1 aromatic heterocycles. The van der Waals surface area contributed by atoms with Crippen LogP contribution in [0.5, 0.6) is 5.75 Å². The smallest absolute Gasteiger partial charge is 0.253 e. The third kappa shape index (κ3) is 6.06. The Bertz CT molecular complexity index is 1080. The zero-order valence-electron chi connectivity index (χ0n) is 18.2. The van der Waals surface area contributed by atoms with Crippen LogP contribution in [0.4, 0.5) is 0 Å². The average Bonchev–Trinajstić information content (AvgIpc) is 2.78. The highest BCUT2D eigenvalue weighted by atomic mass is 32.1. The van der Waals surface area contributed by atoms with Gasteiger partial charge in [0.15, 0.2) is 5.11 Å². The maximum Gasteiger partial charge on any atom is 0.253 e. The predicted octanol–water partition coefficient (Wildman–Crippen LogP) is 3.76. The van der Waals surface area contributed by atoms with Gasteiger partial charge in [0.1, 0.15) is 5.75 Å². The first-order chi connectivity index (χ1) is 15.0. The van der Waals surface area contributed by atoms with E-state index in [1.165, 1.54) is 0 Å². The standard InChI is InChI=1S/C24H29N3O3S/c1-17-6-4-7-19-14-20(23(28)26-22(17)19)16-27(24(31)25-12-5-13-29-2)15-18-8-10-21(30-3)11-9-18/h4,6-11,14H,5,12-13,15-16H2,1-3H3,(H,25,31)(H,26,28). The second-order valence-electron chi connectivity index (χ2n) is 7.45. The van der Waals surface area contributed by atoms with Crippen LogP contribution in [-0.2, 0) is 17.8 Å². The van der Waals surface area contributed by atoms with Crippen molar-refractivity contribution in [3.8, 4) is 5.75 Å². The number of hydrogen-bond acceptors (Lipinski definition) is 4. The first kappa shape index (κ1) is 22.8. The summed E-state index contributed by atoms with van der Waals surface area (Å²) < 4.78 is 10.4. The Morgan fingerprint density at radius 3 is 2.61 bits per heavy atom. The lowest BCUT2D eigenvalue weighted by molar-refractivity contribution is 0.195. The third-order valence-corrected chi connectivity index (χ3v) is 5.55. The molecule has 0 aliphatic carbocycles. The van der Waals surface area contributed by atoms with Crippen LogP contribution in [0.1, 0.15) is 23.1 Å². The van der Waals surface area contributed by atoms with Gasteiger partial charge in [-0.1, -0.05) is 30.3 Å². The number of pyridine rings is 1. The van der Waals surface area contributed by atoms with Gasteiger partial charge in [0.2, 0.25) is 0 Å². The maximum atomic E-state index is 12.8. The molecule has 0 aliphatic rings. The Balaban J connectivity index is 1.84. The van der Waals surface area contributed by atoms with Gasteiger partial charge in [0.25, 0.3) is 5.56 Å². The minimum absolute atomic E-state index is 0.0938. The van der Waals surface area contributed by atoms with E-state index >= 15 is 0 Å². The van der Waals surface area contributed by atoms with Crippen LogP contribution in [0.2, 0.25) is 0 Å². The van der Waals surface area contributed by atoms with E-state index in [0.717, 1.165) is 34.2 Å². The number of hydrogen-bond donors (Lipinski definition) is 2. The van der Waals surface area contributed by atoms with Crippen LogP contribution >= 0.6 is 12.2 Å². The Labute approximate surface area is 188 Å². The molecule has 6 nitrogen and oxygen atoms in total. The number of thiocarbonyl (C=S) groups is 1. The van der Waals surface area contributed by atoms with E-state index < -0.39 is 0 Å². The van der Waals surface area contributed by atoms with Crippen molar-refractivity contribution in [2.75, 3.05) is 27.4 Å². The number of para-hydroxylation sites is 1. The molecule has 0 radical (unpaired) electrons. The summed E-state index contributed by atoms with van der Waals surface area (Å²) in [6.45, 7) is 4.34. The van der Waals surface area contributed by atoms with Gasteiger partial charge >= 0.3 is 0 Å². The summed E-state index contributed by atoms with van der Waals surface area (Å²) in [6.07, 6.45) is 0.850. The highest BCUT2D eigenvalue weighted by Crippen LogP contribution is 2.18. The zero-order chi connectivity index (χ0) is 22.2. The highest BCUT2D eigenvalue weighted by Gasteiger charge is 2.14. The van der Waals surface area contributed by atoms with Crippen molar-refractivity contribution in [2.45, 2.75) is 26.4 Å². The van der Waals surface area contributed by atoms with Crippen molar-refractivity contribution in [1.82, 2.24) is 15.2 Å². The highest BCUT2D eigenvalue weighted by molar-refractivity contribution is 7.80. The summed E-state index contributed by atoms with van der Waals surface area (Å²) in [4.78, 5) is 17.8. The number of H-pyrrole nitrogens is 1. The molecule has 7 heteroatoms. The number of rotatable bonds is 9. The number of ether oxygens (including phenoxy) is 2. The molecule has 31 heavy (non-hydrogen) atoms. The molecule has 2 aromatic carbocycles. The van der Waals surface area contributed by atoms with Crippen LogP contribution in [0.15, 0.2) is 53.3 Å². The molecule has 0 fully saturated rings. The van der Waals surface area contributed by atoms with Crippen LogP contribution in [0.3, 0.4) is 0 Å². The fraction of sp³-hybridized carbons (Fsp3) is 0.333. The van der Waals surface area contributed by atoms with Gasteiger partial charge in [-0.3, -0.25) is 4.79 Å². The molecule has 0 saturated carbocycles. The fourth-order valence-corrected chi connectivity index (χ4v) is 3.66. The van der Waals surface area contributed by atoms with Crippen LogP contribution in [0.25, 0.3) is 10.9 Å². The lowest BCUT2D eigenvalue weighted by Gasteiger charge is -2.26. The summed E-state index contributed by atoms with van der Waals surface area (Å²) in [5.74, 6) is 0.803. The van der Waals surface area contributed by atoms with Crippen LogP contribution in [-0.4, -0.2) is 42.4 Å². The number of benzene rings is 2. The van der Waals surface area contributed by atoms with Crippen molar-refractivity contribution in [1.29, 1.82) is 0 Å². The fourth-order valence-electron chi connectivity index (χ4n) is 3.43. The van der Waals surface area contributed by atoms with Crippen LogP contribution in [0, 0.1) is 6.92 Å². The molecule has 2 N–H and O–H groups in total. The zero-order valence-corrected chi connectivity index (χ0v) is 19.1.